The normalized spacial score (nSPS) is 17.9. The van der Waals surface area contributed by atoms with Gasteiger partial charge < -0.3 is 30.0 Å². The van der Waals surface area contributed by atoms with E-state index < -0.39 is 18.0 Å². The van der Waals surface area contributed by atoms with Crippen LogP contribution in [0.2, 0.25) is 0 Å². The van der Waals surface area contributed by atoms with E-state index in [0.29, 0.717) is 51.7 Å². The molecule has 9 nitrogen and oxygen atoms in total. The van der Waals surface area contributed by atoms with Crippen LogP contribution in [0.3, 0.4) is 0 Å². The molecule has 1 heterocycles. The monoisotopic (exact) mass is 794 g/mol. The van der Waals surface area contributed by atoms with Gasteiger partial charge in [-0.1, -0.05) is 127 Å². The van der Waals surface area contributed by atoms with Crippen LogP contribution in [0.15, 0.2) is 152 Å². The lowest BCUT2D eigenvalue weighted by Crippen LogP contribution is -2.45. The van der Waals surface area contributed by atoms with Gasteiger partial charge in [-0.3, -0.25) is 14.4 Å². The van der Waals surface area contributed by atoms with Crippen molar-refractivity contribution in [2.24, 2.45) is 11.8 Å². The van der Waals surface area contributed by atoms with Crippen LogP contribution in [-0.4, -0.2) is 48.2 Å². The molecular weight excluding hydrogens is 741 g/mol. The number of aliphatic hydroxyl groups excluding tert-OH is 1. The summed E-state index contributed by atoms with van der Waals surface area (Å²) in [6, 6.07) is 44.0. The van der Waals surface area contributed by atoms with Crippen LogP contribution in [0.4, 0.5) is 0 Å². The largest absolute Gasteiger partial charge is 0.489 e. The quantitative estimate of drug-likeness (QED) is 0.0690. The summed E-state index contributed by atoms with van der Waals surface area (Å²) in [5, 5.41) is 16.3. The van der Waals surface area contributed by atoms with Crippen molar-refractivity contribution in [3.8, 4) is 11.5 Å². The minimum atomic E-state index is -0.681. The number of ether oxygens (including phenoxy) is 3. The molecule has 0 bridgehead atoms. The number of hydrogen-bond acceptors (Lipinski definition) is 7. The summed E-state index contributed by atoms with van der Waals surface area (Å²) in [5.41, 5.74) is 5.05. The third-order valence-electron chi connectivity index (χ3n) is 10.4. The van der Waals surface area contributed by atoms with E-state index in [1.165, 1.54) is 0 Å². The predicted octanol–water partition coefficient (Wildman–Crippen LogP) is 7.74. The summed E-state index contributed by atoms with van der Waals surface area (Å²) in [4.78, 5) is 41.0. The van der Waals surface area contributed by atoms with Crippen molar-refractivity contribution in [2.45, 2.75) is 70.2 Å². The number of amides is 2. The van der Waals surface area contributed by atoms with Gasteiger partial charge in [0.25, 0.3) is 0 Å². The van der Waals surface area contributed by atoms with Crippen LogP contribution < -0.4 is 20.1 Å². The molecular formula is C50H54N2O7. The average molecular weight is 795 g/mol. The molecule has 0 aromatic heterocycles. The number of hydrogen-bond donors (Lipinski definition) is 3. The molecule has 4 unspecified atom stereocenters. The summed E-state index contributed by atoms with van der Waals surface area (Å²) in [5.74, 6) is -0.526. The summed E-state index contributed by atoms with van der Waals surface area (Å²) in [6.07, 6.45) is 6.74. The van der Waals surface area contributed by atoms with E-state index in [0.717, 1.165) is 39.3 Å². The van der Waals surface area contributed by atoms with E-state index in [1.807, 2.05) is 152 Å². The predicted molar refractivity (Wildman–Crippen MR) is 228 cm³/mol. The van der Waals surface area contributed by atoms with Crippen molar-refractivity contribution in [1.29, 1.82) is 0 Å². The first-order chi connectivity index (χ1) is 28.9. The van der Waals surface area contributed by atoms with Gasteiger partial charge in [0.15, 0.2) is 0 Å². The second kappa shape index (κ2) is 22.7. The van der Waals surface area contributed by atoms with Crippen molar-refractivity contribution >= 4 is 17.8 Å². The molecule has 9 heteroatoms. The van der Waals surface area contributed by atoms with E-state index in [4.69, 9.17) is 14.2 Å². The number of rotatable bonds is 16. The second-order valence-electron chi connectivity index (χ2n) is 15.1. The first-order valence-electron chi connectivity index (χ1n) is 20.5. The van der Waals surface area contributed by atoms with Crippen LogP contribution in [0.1, 0.15) is 53.5 Å². The lowest BCUT2D eigenvalue weighted by atomic mass is 9.94. The molecule has 0 fully saturated rings. The minimum absolute atomic E-state index is 0.0167. The molecule has 1 aliphatic rings. The Morgan fingerprint density at radius 3 is 1.80 bits per heavy atom. The average Bonchev–Trinajstić information content (AvgIpc) is 3.28. The molecule has 4 atom stereocenters. The van der Waals surface area contributed by atoms with Crippen LogP contribution >= 0.6 is 0 Å². The standard InChI is InChI=1S/C50H54N2O7/c53-33-44(30-38-21-25-46(26-22-38)57-34-40-15-7-2-8-16-40)51-48(54)32-42-19-11-4-12-20-43(29-37-13-5-1-6-14-37)50(56)59-36-45(52-49(42)55)31-39-23-27-47(28-24-39)58-35-41-17-9-3-10-18-41/h1-11,13-18,21-28,42-45,53H,12,19-20,29-36H2,(H,51,54)(H,52,55). The number of carbonyl (C=O) groups is 3. The molecule has 0 radical (unpaired) electrons. The number of nitrogens with one attached hydrogen (secondary N) is 2. The Bertz CT molecular complexity index is 2060. The first kappa shape index (κ1) is 42.4. The Hall–Kier alpha value is -6.19. The van der Waals surface area contributed by atoms with Crippen LogP contribution in [0, 0.1) is 11.8 Å². The highest BCUT2D eigenvalue weighted by Crippen LogP contribution is 2.21. The molecule has 0 saturated heterocycles. The summed E-state index contributed by atoms with van der Waals surface area (Å²) >= 11 is 0. The molecule has 0 spiro atoms. The Balaban J connectivity index is 1.09. The molecule has 3 N–H and O–H groups in total. The lowest BCUT2D eigenvalue weighted by molar-refractivity contribution is -0.150. The molecule has 5 aromatic carbocycles. The maximum Gasteiger partial charge on any atom is 0.309 e. The Morgan fingerprint density at radius 1 is 0.678 bits per heavy atom. The maximum atomic E-state index is 14.0. The SMILES string of the molecule is O=C(CC1CC=CCCC(Cc2ccccc2)C(=O)OCC(Cc2ccc(OCc3ccccc3)cc2)NC1=O)NC(CO)Cc1ccc(OCc2ccccc2)cc1. The summed E-state index contributed by atoms with van der Waals surface area (Å²) in [7, 11) is 0. The van der Waals surface area contributed by atoms with Crippen molar-refractivity contribution in [3.63, 3.8) is 0 Å². The highest BCUT2D eigenvalue weighted by Gasteiger charge is 2.27. The third kappa shape index (κ3) is 14.3. The van der Waals surface area contributed by atoms with Crippen molar-refractivity contribution in [1.82, 2.24) is 10.6 Å². The summed E-state index contributed by atoms with van der Waals surface area (Å²) < 4.78 is 17.8. The number of carbonyl (C=O) groups excluding carboxylic acids is 3. The highest BCUT2D eigenvalue weighted by molar-refractivity contribution is 5.86. The van der Waals surface area contributed by atoms with Gasteiger partial charge >= 0.3 is 5.97 Å². The van der Waals surface area contributed by atoms with Gasteiger partial charge in [0.05, 0.1) is 30.5 Å². The fourth-order valence-corrected chi connectivity index (χ4v) is 7.10. The van der Waals surface area contributed by atoms with Crippen molar-refractivity contribution in [3.05, 3.63) is 179 Å². The summed E-state index contributed by atoms with van der Waals surface area (Å²) in [6.45, 7) is 0.622. The Labute approximate surface area is 347 Å². The van der Waals surface area contributed by atoms with Crippen LogP contribution in [0.5, 0.6) is 11.5 Å². The van der Waals surface area contributed by atoms with Gasteiger partial charge in [0, 0.05) is 6.42 Å². The molecule has 0 saturated carbocycles. The Kier molecular flexibility index (Phi) is 16.3. The van der Waals surface area contributed by atoms with E-state index >= 15 is 0 Å². The number of benzene rings is 5. The van der Waals surface area contributed by atoms with Crippen LogP contribution in [-0.2, 0) is 51.6 Å². The zero-order valence-corrected chi connectivity index (χ0v) is 33.4. The van der Waals surface area contributed by atoms with Gasteiger partial charge in [-0.05, 0) is 90.6 Å². The minimum Gasteiger partial charge on any atom is -0.489 e. The zero-order valence-electron chi connectivity index (χ0n) is 33.4. The van der Waals surface area contributed by atoms with E-state index in [2.05, 4.69) is 10.6 Å². The number of aliphatic hydroxyl groups is 1. The van der Waals surface area contributed by atoms with Crippen molar-refractivity contribution in [2.75, 3.05) is 13.2 Å². The first-order valence-corrected chi connectivity index (χ1v) is 20.5. The third-order valence-corrected chi connectivity index (χ3v) is 10.4. The fourth-order valence-electron chi connectivity index (χ4n) is 7.10. The lowest BCUT2D eigenvalue weighted by Gasteiger charge is -2.24. The van der Waals surface area contributed by atoms with Gasteiger partial charge in [0.2, 0.25) is 11.8 Å². The number of cyclic esters (lactones) is 1. The molecule has 1 aliphatic heterocycles. The van der Waals surface area contributed by atoms with Gasteiger partial charge in [-0.15, -0.1) is 0 Å². The van der Waals surface area contributed by atoms with E-state index in [9.17, 15) is 19.5 Å². The topological polar surface area (TPSA) is 123 Å². The molecule has 0 aliphatic carbocycles. The maximum absolute atomic E-state index is 14.0. The Morgan fingerprint density at radius 2 is 1.22 bits per heavy atom. The molecule has 5 aromatic rings. The highest BCUT2D eigenvalue weighted by atomic mass is 16.5. The molecule has 306 valence electrons. The smallest absolute Gasteiger partial charge is 0.309 e. The van der Waals surface area contributed by atoms with E-state index in [-0.39, 0.29) is 43.3 Å². The van der Waals surface area contributed by atoms with Gasteiger partial charge in [-0.2, -0.15) is 0 Å². The van der Waals surface area contributed by atoms with Gasteiger partial charge in [0.1, 0.15) is 31.3 Å². The van der Waals surface area contributed by atoms with Crippen molar-refractivity contribution < 1.29 is 33.7 Å². The number of allylic oxidation sites excluding steroid dienone is 2. The van der Waals surface area contributed by atoms with Crippen LogP contribution in [0.25, 0.3) is 0 Å². The second-order valence-corrected chi connectivity index (χ2v) is 15.1. The fraction of sp³-hybridized carbons (Fsp3) is 0.300. The number of esters is 1. The van der Waals surface area contributed by atoms with Gasteiger partial charge in [-0.25, -0.2) is 0 Å². The van der Waals surface area contributed by atoms with E-state index in [1.54, 1.807) is 0 Å². The molecule has 2 amide bonds. The molecule has 59 heavy (non-hydrogen) atoms. The zero-order chi connectivity index (χ0) is 41.1. The molecule has 6 rings (SSSR count).